The minimum Gasteiger partial charge on any atom is -0.348 e. The van der Waals surface area contributed by atoms with Gasteiger partial charge in [-0.25, -0.2) is 4.98 Å². The molecule has 140 valence electrons. The number of pyridine rings is 1. The summed E-state index contributed by atoms with van der Waals surface area (Å²) in [6, 6.07) is 7.72. The summed E-state index contributed by atoms with van der Waals surface area (Å²) < 4.78 is 3.75. The highest BCUT2D eigenvalue weighted by atomic mass is 35.5. The number of hydrogen-bond acceptors (Lipinski definition) is 4. The second-order valence-electron chi connectivity index (χ2n) is 6.11. The number of imidazole rings is 1. The third-order valence-electron chi connectivity index (χ3n) is 4.64. The van der Waals surface area contributed by atoms with Gasteiger partial charge < -0.3 is 15.0 Å². The number of carbonyl (C=O) groups is 1. The molecular weight excluding hydrogens is 375 g/mol. The van der Waals surface area contributed by atoms with Crippen molar-refractivity contribution >= 4 is 36.4 Å². The Hall–Kier alpha value is -2.09. The van der Waals surface area contributed by atoms with Crippen LogP contribution in [0.25, 0.3) is 5.65 Å². The number of amides is 1. The zero-order valence-corrected chi connectivity index (χ0v) is 15.8. The van der Waals surface area contributed by atoms with Crippen LogP contribution in [0.4, 0.5) is 0 Å². The minimum atomic E-state index is -0.617. The van der Waals surface area contributed by atoms with Crippen LogP contribution >= 0.6 is 24.8 Å². The molecule has 1 aliphatic heterocycles. The van der Waals surface area contributed by atoms with Crippen LogP contribution in [0.5, 0.6) is 0 Å². The average Bonchev–Trinajstić information content (AvgIpc) is 3.29. The number of nitrogens with zero attached hydrogens (tertiary/aromatic N) is 4. The first-order valence-electron chi connectivity index (χ1n) is 8.20. The van der Waals surface area contributed by atoms with Gasteiger partial charge in [0, 0.05) is 24.8 Å². The summed E-state index contributed by atoms with van der Waals surface area (Å²) >= 11 is 0. The Morgan fingerprint density at radius 2 is 2.00 bits per heavy atom. The van der Waals surface area contributed by atoms with Crippen molar-refractivity contribution in [3.63, 3.8) is 0 Å². The predicted octanol–water partition coefficient (Wildman–Crippen LogP) is 1.77. The van der Waals surface area contributed by atoms with Crippen molar-refractivity contribution in [2.75, 3.05) is 13.1 Å². The average molecular weight is 397 g/mol. The Labute approximate surface area is 164 Å². The highest BCUT2D eigenvalue weighted by molar-refractivity contribution is 5.85. The molecule has 4 rings (SSSR count). The van der Waals surface area contributed by atoms with Crippen molar-refractivity contribution < 1.29 is 4.79 Å². The Kier molecular flexibility index (Phi) is 6.63. The highest BCUT2D eigenvalue weighted by Gasteiger charge is 2.41. The van der Waals surface area contributed by atoms with Gasteiger partial charge in [-0.05, 0) is 44.1 Å². The highest BCUT2D eigenvalue weighted by Crippen LogP contribution is 2.27. The first-order chi connectivity index (χ1) is 11.8. The lowest BCUT2D eigenvalue weighted by Crippen LogP contribution is -2.54. The van der Waals surface area contributed by atoms with E-state index < -0.39 is 5.54 Å². The lowest BCUT2D eigenvalue weighted by atomic mass is 9.87. The Bertz CT molecular complexity index is 809. The smallest absolute Gasteiger partial charge is 0.248 e. The zero-order valence-electron chi connectivity index (χ0n) is 14.2. The van der Waals surface area contributed by atoms with Gasteiger partial charge in [0.1, 0.15) is 11.2 Å². The van der Waals surface area contributed by atoms with Gasteiger partial charge in [-0.1, -0.05) is 6.07 Å². The Morgan fingerprint density at radius 3 is 2.69 bits per heavy atom. The van der Waals surface area contributed by atoms with E-state index >= 15 is 0 Å². The lowest BCUT2D eigenvalue weighted by molar-refractivity contribution is -0.132. The number of carbonyl (C=O) groups excluding carboxylic acids is 1. The molecule has 0 aliphatic carbocycles. The summed E-state index contributed by atoms with van der Waals surface area (Å²) in [5, 5.41) is 10.7. The number of piperidine rings is 1. The summed E-state index contributed by atoms with van der Waals surface area (Å²) in [6.07, 6.45) is 8.94. The van der Waals surface area contributed by atoms with Gasteiger partial charge >= 0.3 is 0 Å². The molecule has 0 aromatic carbocycles. The normalized spacial score (nSPS) is 15.7. The van der Waals surface area contributed by atoms with Crippen molar-refractivity contribution in [3.8, 4) is 0 Å². The molecule has 0 unspecified atom stereocenters. The number of fused-ring (bicyclic) bond motifs is 1. The quantitative estimate of drug-likeness (QED) is 0.704. The fraction of sp³-hybridized carbons (Fsp3) is 0.353. The number of rotatable bonds is 4. The molecule has 0 bridgehead atoms. The van der Waals surface area contributed by atoms with Crippen LogP contribution in [0.2, 0.25) is 0 Å². The van der Waals surface area contributed by atoms with Crippen LogP contribution in [0.3, 0.4) is 0 Å². The first-order valence-corrected chi connectivity index (χ1v) is 8.20. The standard InChI is InChI=1S/C17H20N6O.2ClH/c24-16(17(5-8-18-9-6-17)23-11-3-7-20-23)19-12-14-13-22-10-2-1-4-15(22)21-14;;/h1-4,7,10-11,13,18H,5-6,8-9,12H2,(H,19,24);2*1H. The maximum atomic E-state index is 13.0. The van der Waals surface area contributed by atoms with Crippen LogP contribution in [-0.4, -0.2) is 38.2 Å². The van der Waals surface area contributed by atoms with E-state index in [-0.39, 0.29) is 30.7 Å². The van der Waals surface area contributed by atoms with Crippen molar-refractivity contribution in [2.45, 2.75) is 24.9 Å². The molecule has 9 heteroatoms. The van der Waals surface area contributed by atoms with Crippen molar-refractivity contribution in [2.24, 2.45) is 0 Å². The van der Waals surface area contributed by atoms with Crippen LogP contribution in [0.1, 0.15) is 18.5 Å². The molecule has 26 heavy (non-hydrogen) atoms. The van der Waals surface area contributed by atoms with E-state index in [2.05, 4.69) is 20.7 Å². The van der Waals surface area contributed by atoms with E-state index in [0.717, 1.165) is 37.3 Å². The summed E-state index contributed by atoms with van der Waals surface area (Å²) in [7, 11) is 0. The number of aromatic nitrogens is 4. The fourth-order valence-electron chi connectivity index (χ4n) is 3.33. The van der Waals surface area contributed by atoms with Crippen LogP contribution in [0.15, 0.2) is 49.1 Å². The minimum absolute atomic E-state index is 0. The number of nitrogens with one attached hydrogen (secondary N) is 2. The maximum Gasteiger partial charge on any atom is 0.248 e. The summed E-state index contributed by atoms with van der Waals surface area (Å²) in [5.74, 6) is 0.00440. The Balaban J connectivity index is 0.00000121. The zero-order chi connectivity index (χ0) is 16.4. The fourth-order valence-corrected chi connectivity index (χ4v) is 3.33. The molecule has 4 heterocycles. The molecule has 0 saturated carbocycles. The van der Waals surface area contributed by atoms with Crippen molar-refractivity contribution in [1.82, 2.24) is 29.8 Å². The van der Waals surface area contributed by atoms with Gasteiger partial charge in [0.2, 0.25) is 5.91 Å². The maximum absolute atomic E-state index is 13.0. The van der Waals surface area contributed by atoms with Gasteiger partial charge in [-0.3, -0.25) is 9.48 Å². The van der Waals surface area contributed by atoms with Crippen molar-refractivity contribution in [3.05, 3.63) is 54.7 Å². The number of halogens is 2. The van der Waals surface area contributed by atoms with Gasteiger partial charge in [-0.15, -0.1) is 24.8 Å². The van der Waals surface area contributed by atoms with Crippen molar-refractivity contribution in [1.29, 1.82) is 0 Å². The van der Waals surface area contributed by atoms with Gasteiger partial charge in [-0.2, -0.15) is 5.10 Å². The van der Waals surface area contributed by atoms with Gasteiger partial charge in [0.25, 0.3) is 0 Å². The topological polar surface area (TPSA) is 76.2 Å². The predicted molar refractivity (Wildman–Crippen MR) is 104 cm³/mol. The molecule has 0 atom stereocenters. The molecule has 0 radical (unpaired) electrons. The molecule has 1 saturated heterocycles. The third kappa shape index (κ3) is 3.70. The van der Waals surface area contributed by atoms with E-state index in [1.165, 1.54) is 0 Å². The van der Waals surface area contributed by atoms with E-state index in [4.69, 9.17) is 0 Å². The molecule has 1 amide bonds. The molecule has 7 nitrogen and oxygen atoms in total. The SMILES string of the molecule is Cl.Cl.O=C(NCc1cn2ccccc2n1)C1(n2cccn2)CCNCC1. The second kappa shape index (κ2) is 8.53. The largest absolute Gasteiger partial charge is 0.348 e. The molecule has 0 spiro atoms. The molecule has 2 N–H and O–H groups in total. The van der Waals surface area contributed by atoms with Crippen LogP contribution in [0, 0.1) is 0 Å². The molecular formula is C17H22Cl2N6O. The molecule has 1 aliphatic rings. The van der Waals surface area contributed by atoms with Crippen LogP contribution in [-0.2, 0) is 16.9 Å². The molecule has 1 fully saturated rings. The summed E-state index contributed by atoms with van der Waals surface area (Å²) in [4.78, 5) is 17.5. The van der Waals surface area contributed by atoms with E-state index in [0.29, 0.717) is 6.54 Å². The first kappa shape index (κ1) is 20.2. The molecule has 3 aromatic heterocycles. The molecule has 3 aromatic rings. The van der Waals surface area contributed by atoms with Crippen LogP contribution < -0.4 is 10.6 Å². The van der Waals surface area contributed by atoms with E-state index in [1.54, 1.807) is 10.9 Å². The Morgan fingerprint density at radius 1 is 1.19 bits per heavy atom. The second-order valence-corrected chi connectivity index (χ2v) is 6.11. The summed E-state index contributed by atoms with van der Waals surface area (Å²) in [6.45, 7) is 2.03. The lowest BCUT2D eigenvalue weighted by Gasteiger charge is -2.36. The van der Waals surface area contributed by atoms with E-state index in [9.17, 15) is 4.79 Å². The monoisotopic (exact) mass is 396 g/mol. The summed E-state index contributed by atoms with van der Waals surface area (Å²) in [5.41, 5.74) is 1.11. The van der Waals surface area contributed by atoms with E-state index in [1.807, 2.05) is 47.3 Å². The van der Waals surface area contributed by atoms with Gasteiger partial charge in [0.05, 0.1) is 12.2 Å². The number of hydrogen-bond donors (Lipinski definition) is 2. The van der Waals surface area contributed by atoms with Gasteiger partial charge in [0.15, 0.2) is 0 Å². The third-order valence-corrected chi connectivity index (χ3v) is 4.64.